The lowest BCUT2D eigenvalue weighted by atomic mass is 10.1. The van der Waals surface area contributed by atoms with E-state index < -0.39 is 26.9 Å². The van der Waals surface area contributed by atoms with Gasteiger partial charge in [0.05, 0.1) is 16.7 Å². The molecule has 0 saturated carbocycles. The molecule has 0 radical (unpaired) electrons. The number of amides is 2. The third-order valence-corrected chi connectivity index (χ3v) is 5.18. The predicted octanol–water partition coefficient (Wildman–Crippen LogP) is 0.888. The van der Waals surface area contributed by atoms with Crippen LogP contribution < -0.4 is 10.6 Å². The Morgan fingerprint density at radius 1 is 1.26 bits per heavy atom. The van der Waals surface area contributed by atoms with E-state index in [0.29, 0.717) is 5.56 Å². The number of thiol groups is 1. The summed E-state index contributed by atoms with van der Waals surface area (Å²) < 4.78 is 24.4. The number of rotatable bonds is 5. The van der Waals surface area contributed by atoms with Crippen molar-refractivity contribution in [3.05, 3.63) is 29.3 Å². The zero-order valence-electron chi connectivity index (χ0n) is 13.0. The summed E-state index contributed by atoms with van der Waals surface area (Å²) in [5.41, 5.74) is 0.774. The average Bonchev–Trinajstić information content (AvgIpc) is 2.43. The van der Waals surface area contributed by atoms with Crippen LogP contribution in [-0.4, -0.2) is 37.2 Å². The molecule has 0 aliphatic rings. The first-order chi connectivity index (χ1) is 10.5. The molecular weight excluding hydrogens is 338 g/mol. The normalized spacial score (nSPS) is 11.2. The molecule has 1 aromatic carbocycles. The Hall–Kier alpha value is -1.87. The van der Waals surface area contributed by atoms with E-state index in [1.165, 1.54) is 18.2 Å². The molecule has 0 aliphatic heterocycles. The van der Waals surface area contributed by atoms with Gasteiger partial charge in [0.15, 0.2) is 15.0 Å². The topological polar surface area (TPSA) is 116 Å². The van der Waals surface area contributed by atoms with Crippen LogP contribution >= 0.6 is 12.6 Å². The fourth-order valence-corrected chi connectivity index (χ4v) is 3.06. The second-order valence-electron chi connectivity index (χ2n) is 5.21. The van der Waals surface area contributed by atoms with Gasteiger partial charge in [0.25, 0.3) is 5.91 Å². The number of aryl methyl sites for hydroxylation is 1. The molecule has 7 nitrogen and oxygen atoms in total. The van der Waals surface area contributed by atoms with E-state index in [1.54, 1.807) is 20.8 Å². The maximum atomic E-state index is 12.2. The third-order valence-electron chi connectivity index (χ3n) is 2.93. The molecule has 0 unspecified atom stereocenters. The minimum Gasteiger partial charge on any atom is -0.343 e. The first-order valence-electron chi connectivity index (χ1n) is 6.75. The lowest BCUT2D eigenvalue weighted by Gasteiger charge is -2.11. The highest BCUT2D eigenvalue weighted by Gasteiger charge is 2.21. The summed E-state index contributed by atoms with van der Waals surface area (Å²) >= 11 is 3.60. The Balaban J connectivity index is 2.97. The zero-order chi connectivity index (χ0) is 17.8. The lowest BCUT2D eigenvalue weighted by molar-refractivity contribution is -0.118. The molecule has 0 spiro atoms. The molecule has 23 heavy (non-hydrogen) atoms. The summed E-state index contributed by atoms with van der Waals surface area (Å²) in [6.07, 6.45) is 0. The van der Waals surface area contributed by atoms with E-state index in [4.69, 9.17) is 5.41 Å². The standard InChI is InChI=1S/C14H19N3O4S2/c1-8(2)23(20,21)11-5-9(3)4-10(6-11)13(19)16-7-12(18)17-14(15)22/h4-6,8H,7H2,1-3H3,(H,16,19)(H3,15,17,18,22). The van der Waals surface area contributed by atoms with Crippen LogP contribution in [0.25, 0.3) is 0 Å². The monoisotopic (exact) mass is 357 g/mol. The van der Waals surface area contributed by atoms with E-state index in [2.05, 4.69) is 23.3 Å². The van der Waals surface area contributed by atoms with E-state index in [0.717, 1.165) is 0 Å². The van der Waals surface area contributed by atoms with Crippen LogP contribution in [0.2, 0.25) is 0 Å². The van der Waals surface area contributed by atoms with Gasteiger partial charge in [-0.1, -0.05) is 0 Å². The lowest BCUT2D eigenvalue weighted by Crippen LogP contribution is -2.38. The fraction of sp³-hybridized carbons (Fsp3) is 0.357. The first-order valence-corrected chi connectivity index (χ1v) is 8.74. The Kier molecular flexibility index (Phi) is 6.34. The third kappa shape index (κ3) is 5.36. The molecule has 1 aromatic rings. The molecule has 0 aromatic heterocycles. The molecule has 0 bridgehead atoms. The molecule has 1 rings (SSSR count). The van der Waals surface area contributed by atoms with Crippen LogP contribution in [0.1, 0.15) is 29.8 Å². The van der Waals surface area contributed by atoms with E-state index >= 15 is 0 Å². The smallest absolute Gasteiger partial charge is 0.251 e. The van der Waals surface area contributed by atoms with Crippen LogP contribution in [0.5, 0.6) is 0 Å². The molecule has 0 aliphatic carbocycles. The molecule has 2 amide bonds. The van der Waals surface area contributed by atoms with Crippen molar-refractivity contribution in [3.63, 3.8) is 0 Å². The Morgan fingerprint density at radius 2 is 1.87 bits per heavy atom. The summed E-state index contributed by atoms with van der Waals surface area (Å²) in [4.78, 5) is 23.5. The van der Waals surface area contributed by atoms with Gasteiger partial charge < -0.3 is 10.6 Å². The van der Waals surface area contributed by atoms with Crippen LogP contribution in [0.4, 0.5) is 0 Å². The van der Waals surface area contributed by atoms with Crippen molar-refractivity contribution in [3.8, 4) is 0 Å². The van der Waals surface area contributed by atoms with Gasteiger partial charge in [-0.3, -0.25) is 15.0 Å². The predicted molar refractivity (Wildman–Crippen MR) is 90.7 cm³/mol. The summed E-state index contributed by atoms with van der Waals surface area (Å²) in [5, 5.41) is 10.5. The van der Waals surface area contributed by atoms with Crippen molar-refractivity contribution < 1.29 is 18.0 Å². The minimum atomic E-state index is -3.50. The van der Waals surface area contributed by atoms with Crippen LogP contribution in [0.15, 0.2) is 23.1 Å². The van der Waals surface area contributed by atoms with Crippen LogP contribution in [-0.2, 0) is 14.6 Å². The van der Waals surface area contributed by atoms with Gasteiger partial charge in [-0.25, -0.2) is 8.42 Å². The zero-order valence-corrected chi connectivity index (χ0v) is 14.7. The Morgan fingerprint density at radius 3 is 2.39 bits per heavy atom. The van der Waals surface area contributed by atoms with Gasteiger partial charge in [0.1, 0.15) is 0 Å². The highest BCUT2D eigenvalue weighted by molar-refractivity contribution is 7.96. The van der Waals surface area contributed by atoms with Gasteiger partial charge in [-0.05, 0) is 44.5 Å². The number of hydrogen-bond acceptors (Lipinski definition) is 5. The van der Waals surface area contributed by atoms with Gasteiger partial charge in [-0.15, -0.1) is 12.6 Å². The first kappa shape index (κ1) is 19.2. The van der Waals surface area contributed by atoms with E-state index in [1.807, 2.05) is 0 Å². The van der Waals surface area contributed by atoms with Crippen molar-refractivity contribution in [2.24, 2.45) is 0 Å². The molecule has 3 N–H and O–H groups in total. The van der Waals surface area contributed by atoms with Crippen molar-refractivity contribution in [1.29, 1.82) is 5.41 Å². The van der Waals surface area contributed by atoms with Crippen LogP contribution in [0.3, 0.4) is 0 Å². The summed E-state index contributed by atoms with van der Waals surface area (Å²) in [6.45, 7) is 4.47. The fourth-order valence-electron chi connectivity index (χ4n) is 1.75. The second kappa shape index (κ2) is 7.60. The number of carbonyl (C=O) groups is 2. The molecule has 126 valence electrons. The van der Waals surface area contributed by atoms with E-state index in [9.17, 15) is 18.0 Å². The molecule has 0 atom stereocenters. The minimum absolute atomic E-state index is 0.0687. The Bertz CT molecular complexity index is 742. The number of carbonyl (C=O) groups excluding carboxylic acids is 2. The number of benzene rings is 1. The van der Waals surface area contributed by atoms with Crippen molar-refractivity contribution in [2.45, 2.75) is 30.9 Å². The Labute approximate surface area is 140 Å². The summed E-state index contributed by atoms with van der Waals surface area (Å²) in [5.74, 6) is -1.17. The highest BCUT2D eigenvalue weighted by atomic mass is 32.2. The molecular formula is C14H19N3O4S2. The quantitative estimate of drug-likeness (QED) is 0.356. The number of hydrogen-bond donors (Lipinski definition) is 4. The maximum absolute atomic E-state index is 12.2. The highest BCUT2D eigenvalue weighted by Crippen LogP contribution is 2.19. The van der Waals surface area contributed by atoms with Crippen LogP contribution in [0, 0.1) is 12.3 Å². The van der Waals surface area contributed by atoms with E-state index in [-0.39, 0.29) is 22.2 Å². The number of sulfone groups is 1. The SMILES string of the molecule is Cc1cc(C(=O)NCC(=O)NC(=N)S)cc(S(=O)(=O)C(C)C)c1. The maximum Gasteiger partial charge on any atom is 0.251 e. The second-order valence-corrected chi connectivity index (χ2v) is 8.16. The molecule has 0 saturated heterocycles. The molecule has 0 fully saturated rings. The van der Waals surface area contributed by atoms with Crippen molar-refractivity contribution in [2.75, 3.05) is 6.54 Å². The molecule has 9 heteroatoms. The van der Waals surface area contributed by atoms with Gasteiger partial charge >= 0.3 is 0 Å². The average molecular weight is 357 g/mol. The number of amidine groups is 1. The molecule has 0 heterocycles. The van der Waals surface area contributed by atoms with Gasteiger partial charge in [-0.2, -0.15) is 0 Å². The largest absolute Gasteiger partial charge is 0.343 e. The van der Waals surface area contributed by atoms with Crippen molar-refractivity contribution >= 4 is 39.4 Å². The van der Waals surface area contributed by atoms with Gasteiger partial charge in [0.2, 0.25) is 5.91 Å². The van der Waals surface area contributed by atoms with Gasteiger partial charge in [0, 0.05) is 5.56 Å². The summed E-state index contributed by atoms with van der Waals surface area (Å²) in [6, 6.07) is 4.32. The summed E-state index contributed by atoms with van der Waals surface area (Å²) in [7, 11) is -3.50. The van der Waals surface area contributed by atoms with Crippen molar-refractivity contribution in [1.82, 2.24) is 10.6 Å². The number of nitrogens with one attached hydrogen (secondary N) is 3.